The summed E-state index contributed by atoms with van der Waals surface area (Å²) >= 11 is 0. The molecule has 0 aliphatic carbocycles. The molecule has 1 aliphatic heterocycles. The number of esters is 1. The molecule has 280 valence electrons. The first kappa shape index (κ1) is 39.5. The fourth-order valence-corrected chi connectivity index (χ4v) is 5.74. The van der Waals surface area contributed by atoms with Crippen molar-refractivity contribution in [2.24, 2.45) is 0 Å². The van der Waals surface area contributed by atoms with Crippen LogP contribution in [0.5, 0.6) is 0 Å². The summed E-state index contributed by atoms with van der Waals surface area (Å²) in [6.07, 6.45) is 4.38. The monoisotopic (exact) mass is 718 g/mol. The van der Waals surface area contributed by atoms with E-state index in [0.717, 1.165) is 11.1 Å². The van der Waals surface area contributed by atoms with Crippen LogP contribution in [0.15, 0.2) is 73.2 Å². The molecule has 0 radical (unpaired) electrons. The fraction of sp³-hybridized carbons (Fsp3) is 0.474. The number of carbonyl (C=O) groups excluding carboxylic acids is 5. The van der Waals surface area contributed by atoms with Crippen molar-refractivity contribution in [3.63, 3.8) is 0 Å². The molecule has 3 atom stereocenters. The Morgan fingerprint density at radius 3 is 2.23 bits per heavy atom. The highest BCUT2D eigenvalue weighted by Crippen LogP contribution is 2.26. The van der Waals surface area contributed by atoms with E-state index < -0.39 is 53.1 Å². The summed E-state index contributed by atoms with van der Waals surface area (Å²) in [6.45, 7) is 8.51. The molecule has 14 heteroatoms. The number of alkyl carbamates (subject to hydrolysis) is 1. The third kappa shape index (κ3) is 11.4. The second-order valence-corrected chi connectivity index (χ2v) is 14.2. The number of rotatable bonds is 15. The van der Waals surface area contributed by atoms with Gasteiger partial charge in [0.2, 0.25) is 11.8 Å². The van der Waals surface area contributed by atoms with Crippen LogP contribution in [0.2, 0.25) is 0 Å². The number of nitrogens with one attached hydrogen (secondary N) is 3. The lowest BCUT2D eigenvalue weighted by Crippen LogP contribution is -2.59. The molecule has 0 spiro atoms. The molecule has 4 rings (SSSR count). The average Bonchev–Trinajstić information content (AvgIpc) is 3.77. The number of aryl methyl sites for hydroxylation is 1. The predicted molar refractivity (Wildman–Crippen MR) is 193 cm³/mol. The third-order valence-electron chi connectivity index (χ3n) is 8.46. The van der Waals surface area contributed by atoms with Crippen molar-refractivity contribution in [1.82, 2.24) is 25.1 Å². The number of hydrogen-bond acceptors (Lipinski definition) is 9. The molecule has 3 N–H and O–H groups in total. The Labute approximate surface area is 304 Å². The Kier molecular flexibility index (Phi) is 13.5. The first-order valence-electron chi connectivity index (χ1n) is 17.4. The van der Waals surface area contributed by atoms with Gasteiger partial charge >= 0.3 is 12.1 Å². The van der Waals surface area contributed by atoms with Gasteiger partial charge in [0, 0.05) is 12.7 Å². The van der Waals surface area contributed by atoms with Gasteiger partial charge < -0.3 is 39.6 Å². The van der Waals surface area contributed by atoms with E-state index in [1.165, 1.54) is 27.3 Å². The van der Waals surface area contributed by atoms with Gasteiger partial charge in [-0.25, -0.2) is 14.6 Å². The van der Waals surface area contributed by atoms with Crippen molar-refractivity contribution in [1.29, 1.82) is 0 Å². The van der Waals surface area contributed by atoms with Crippen molar-refractivity contribution in [2.75, 3.05) is 25.6 Å². The molecule has 3 unspecified atom stereocenters. The van der Waals surface area contributed by atoms with Gasteiger partial charge in [-0.2, -0.15) is 0 Å². The zero-order chi connectivity index (χ0) is 37.9. The summed E-state index contributed by atoms with van der Waals surface area (Å²) in [7, 11) is 1.31. The van der Waals surface area contributed by atoms with E-state index in [-0.39, 0.29) is 24.9 Å². The van der Waals surface area contributed by atoms with Gasteiger partial charge in [-0.15, -0.1) is 0 Å². The standard InChI is InChI=1S/C38H50N6O8/c1-37(2,3)52-36(49)42-38(4,5)35(48)40-28(24-51-23-27-16-11-8-12-17-27)32(45)41-31-22-43(25-39-31)29(20-19-26-14-9-7-10-15-26)33(46)44-21-13-18-30(44)34(47)50-6/h7-12,14-17,22,25,28-30H,13,18-21,23-24H2,1-6H3,(H,40,48)(H,41,45)(H,42,49). The number of aromatic nitrogens is 2. The molecule has 2 aromatic carbocycles. The number of imidazole rings is 1. The molecule has 1 aliphatic rings. The van der Waals surface area contributed by atoms with Crippen LogP contribution >= 0.6 is 0 Å². The van der Waals surface area contributed by atoms with Crippen LogP contribution in [0, 0.1) is 0 Å². The Hall–Kier alpha value is -5.24. The van der Waals surface area contributed by atoms with Gasteiger partial charge in [0.25, 0.3) is 5.91 Å². The van der Waals surface area contributed by atoms with E-state index in [0.29, 0.717) is 32.2 Å². The second-order valence-electron chi connectivity index (χ2n) is 14.2. The smallest absolute Gasteiger partial charge is 0.408 e. The third-order valence-corrected chi connectivity index (χ3v) is 8.46. The maximum absolute atomic E-state index is 14.0. The molecule has 1 fully saturated rings. The van der Waals surface area contributed by atoms with Crippen molar-refractivity contribution in [3.05, 3.63) is 84.3 Å². The van der Waals surface area contributed by atoms with Gasteiger partial charge in [0.15, 0.2) is 5.82 Å². The van der Waals surface area contributed by atoms with Crippen LogP contribution in [-0.4, -0.2) is 87.7 Å². The number of methoxy groups -OCH3 is 1. The average molecular weight is 719 g/mol. The SMILES string of the molecule is COC(=O)C1CCCN1C(=O)C(CCc1ccccc1)n1cnc(NC(=O)C(COCc2ccccc2)NC(=O)C(C)(C)NC(=O)OC(C)(C)C)c1. The van der Waals surface area contributed by atoms with Gasteiger partial charge in [-0.05, 0) is 71.4 Å². The quantitative estimate of drug-likeness (QED) is 0.195. The Morgan fingerprint density at radius 2 is 1.60 bits per heavy atom. The number of anilines is 1. The van der Waals surface area contributed by atoms with Crippen LogP contribution in [-0.2, 0) is 46.4 Å². The minimum atomic E-state index is -1.45. The Bertz CT molecular complexity index is 1670. The van der Waals surface area contributed by atoms with Gasteiger partial charge in [0.1, 0.15) is 29.3 Å². The lowest BCUT2D eigenvalue weighted by atomic mass is 10.0. The number of ether oxygens (including phenoxy) is 3. The van der Waals surface area contributed by atoms with Crippen molar-refractivity contribution in [2.45, 2.75) is 96.2 Å². The zero-order valence-electron chi connectivity index (χ0n) is 30.7. The molecular formula is C38H50N6O8. The minimum Gasteiger partial charge on any atom is -0.467 e. The first-order valence-corrected chi connectivity index (χ1v) is 17.4. The summed E-state index contributed by atoms with van der Waals surface area (Å²) in [5, 5.41) is 7.98. The van der Waals surface area contributed by atoms with Gasteiger partial charge in [0.05, 0.1) is 26.7 Å². The van der Waals surface area contributed by atoms with Crippen LogP contribution < -0.4 is 16.0 Å². The number of hydrogen-bond donors (Lipinski definition) is 3. The van der Waals surface area contributed by atoms with Gasteiger partial charge in [-0.3, -0.25) is 14.4 Å². The number of nitrogens with zero attached hydrogens (tertiary/aromatic N) is 3. The number of likely N-dealkylation sites (tertiary alicyclic amines) is 1. The first-order chi connectivity index (χ1) is 24.7. The lowest BCUT2D eigenvalue weighted by molar-refractivity contribution is -0.152. The lowest BCUT2D eigenvalue weighted by Gasteiger charge is -2.29. The van der Waals surface area contributed by atoms with Crippen molar-refractivity contribution in [3.8, 4) is 0 Å². The maximum Gasteiger partial charge on any atom is 0.408 e. The summed E-state index contributed by atoms with van der Waals surface area (Å²) in [5.74, 6) is -1.85. The molecule has 4 amide bonds. The van der Waals surface area contributed by atoms with Crippen LogP contribution in [0.3, 0.4) is 0 Å². The van der Waals surface area contributed by atoms with E-state index in [1.807, 2.05) is 60.7 Å². The summed E-state index contributed by atoms with van der Waals surface area (Å²) in [5.41, 5.74) is -0.321. The Morgan fingerprint density at radius 1 is 0.942 bits per heavy atom. The topological polar surface area (TPSA) is 170 Å². The molecule has 3 aromatic rings. The molecule has 52 heavy (non-hydrogen) atoms. The molecule has 1 saturated heterocycles. The normalized spacial score (nSPS) is 15.7. The van der Waals surface area contributed by atoms with Crippen LogP contribution in [0.1, 0.15) is 71.0 Å². The molecule has 14 nitrogen and oxygen atoms in total. The highest BCUT2D eigenvalue weighted by Gasteiger charge is 2.39. The number of amides is 4. The number of benzene rings is 2. The molecule has 1 aromatic heterocycles. The van der Waals surface area contributed by atoms with E-state index in [4.69, 9.17) is 14.2 Å². The summed E-state index contributed by atoms with van der Waals surface area (Å²) in [4.78, 5) is 72.1. The summed E-state index contributed by atoms with van der Waals surface area (Å²) in [6, 6.07) is 16.5. The van der Waals surface area contributed by atoms with E-state index in [1.54, 1.807) is 36.4 Å². The van der Waals surface area contributed by atoms with E-state index in [9.17, 15) is 24.0 Å². The van der Waals surface area contributed by atoms with Gasteiger partial charge in [-0.1, -0.05) is 60.7 Å². The summed E-state index contributed by atoms with van der Waals surface area (Å²) < 4.78 is 17.8. The second kappa shape index (κ2) is 17.8. The van der Waals surface area contributed by atoms with E-state index in [2.05, 4.69) is 20.9 Å². The highest BCUT2D eigenvalue weighted by atomic mass is 16.6. The number of carbonyl (C=O) groups is 5. The van der Waals surface area contributed by atoms with Crippen LogP contribution in [0.4, 0.5) is 10.6 Å². The highest BCUT2D eigenvalue weighted by molar-refractivity contribution is 5.98. The fourth-order valence-electron chi connectivity index (χ4n) is 5.74. The maximum atomic E-state index is 14.0. The van der Waals surface area contributed by atoms with E-state index >= 15 is 0 Å². The predicted octanol–water partition coefficient (Wildman–Crippen LogP) is 4.16. The van der Waals surface area contributed by atoms with Crippen molar-refractivity contribution >= 4 is 35.6 Å². The molecular weight excluding hydrogens is 668 g/mol. The molecule has 2 heterocycles. The van der Waals surface area contributed by atoms with Crippen molar-refractivity contribution < 1.29 is 38.2 Å². The minimum absolute atomic E-state index is 0.141. The molecule has 0 saturated carbocycles. The molecule has 0 bridgehead atoms. The Balaban J connectivity index is 1.52. The zero-order valence-corrected chi connectivity index (χ0v) is 30.7. The largest absolute Gasteiger partial charge is 0.467 e. The van der Waals surface area contributed by atoms with Crippen LogP contribution in [0.25, 0.3) is 0 Å².